The van der Waals surface area contributed by atoms with Crippen LogP contribution < -0.4 is 4.74 Å². The van der Waals surface area contributed by atoms with Gasteiger partial charge in [0.05, 0.1) is 30.0 Å². The van der Waals surface area contributed by atoms with E-state index in [0.717, 1.165) is 24.7 Å². The van der Waals surface area contributed by atoms with Crippen LogP contribution >= 0.6 is 0 Å². The third-order valence-electron chi connectivity index (χ3n) is 4.78. The molecule has 0 saturated heterocycles. The summed E-state index contributed by atoms with van der Waals surface area (Å²) >= 11 is 0. The first-order valence-electron chi connectivity index (χ1n) is 8.87. The fraction of sp³-hybridized carbons (Fsp3) is 0.450. The molecule has 0 bridgehead atoms. The van der Waals surface area contributed by atoms with Crippen molar-refractivity contribution in [3.63, 3.8) is 0 Å². The lowest BCUT2D eigenvalue weighted by Gasteiger charge is -2.23. The molecule has 0 unspecified atom stereocenters. The SMILES string of the molecule is Cc1cncc(OCC2=C(c3cncn3C(C)C)CCCC2)c1C=O. The average molecular weight is 339 g/mol. The van der Waals surface area contributed by atoms with Crippen molar-refractivity contribution >= 4 is 11.9 Å². The Balaban J connectivity index is 1.89. The Morgan fingerprint density at radius 1 is 1.20 bits per heavy atom. The number of carbonyl (C=O) groups is 1. The Morgan fingerprint density at radius 2 is 2.00 bits per heavy atom. The van der Waals surface area contributed by atoms with Gasteiger partial charge in [0, 0.05) is 12.2 Å². The number of aryl methyl sites for hydroxylation is 1. The molecule has 0 aromatic carbocycles. The van der Waals surface area contributed by atoms with Crippen LogP contribution in [0.2, 0.25) is 0 Å². The Kier molecular flexibility index (Phi) is 5.31. The summed E-state index contributed by atoms with van der Waals surface area (Å²) in [5.74, 6) is 0.560. The third kappa shape index (κ3) is 3.65. The maximum absolute atomic E-state index is 11.3. The lowest BCUT2D eigenvalue weighted by molar-refractivity contribution is 0.111. The van der Waals surface area contributed by atoms with Gasteiger partial charge in [-0.05, 0) is 63.2 Å². The molecular formula is C20H25N3O2. The van der Waals surface area contributed by atoms with Crippen molar-refractivity contribution in [2.75, 3.05) is 6.61 Å². The molecule has 0 atom stereocenters. The number of aldehydes is 1. The lowest BCUT2D eigenvalue weighted by atomic mass is 9.90. The minimum absolute atomic E-state index is 0.372. The van der Waals surface area contributed by atoms with Crippen molar-refractivity contribution in [1.82, 2.24) is 14.5 Å². The van der Waals surface area contributed by atoms with Gasteiger partial charge in [0.2, 0.25) is 0 Å². The fourth-order valence-electron chi connectivity index (χ4n) is 3.37. The number of carbonyl (C=O) groups excluding carboxylic acids is 1. The van der Waals surface area contributed by atoms with Gasteiger partial charge in [-0.3, -0.25) is 9.78 Å². The Labute approximate surface area is 148 Å². The molecule has 0 aliphatic heterocycles. The Hall–Kier alpha value is -2.43. The van der Waals surface area contributed by atoms with Crippen molar-refractivity contribution < 1.29 is 9.53 Å². The standard InChI is InChI=1S/C20H25N3O2/c1-14(2)23-13-22-9-19(23)17-7-5-4-6-16(17)12-25-20-10-21-8-15(3)18(20)11-24/h8-11,13-14H,4-7,12H2,1-3H3. The van der Waals surface area contributed by atoms with Gasteiger partial charge in [-0.2, -0.15) is 0 Å². The third-order valence-corrected chi connectivity index (χ3v) is 4.78. The maximum atomic E-state index is 11.3. The minimum Gasteiger partial charge on any atom is -0.487 e. The Bertz CT molecular complexity index is 790. The van der Waals surface area contributed by atoms with Crippen molar-refractivity contribution in [3.8, 4) is 5.75 Å². The van der Waals surface area contributed by atoms with Gasteiger partial charge in [0.25, 0.3) is 0 Å². The van der Waals surface area contributed by atoms with Crippen molar-refractivity contribution in [2.45, 2.75) is 52.5 Å². The second kappa shape index (κ2) is 7.64. The van der Waals surface area contributed by atoms with Gasteiger partial charge < -0.3 is 9.30 Å². The molecule has 0 amide bonds. The molecule has 2 aromatic rings. The molecule has 132 valence electrons. The minimum atomic E-state index is 0.372. The highest BCUT2D eigenvalue weighted by molar-refractivity contribution is 5.81. The van der Waals surface area contributed by atoms with Crippen LogP contribution in [0, 0.1) is 6.92 Å². The Morgan fingerprint density at radius 3 is 2.76 bits per heavy atom. The fourth-order valence-corrected chi connectivity index (χ4v) is 3.37. The number of imidazole rings is 1. The highest BCUT2D eigenvalue weighted by atomic mass is 16.5. The average Bonchev–Trinajstić information content (AvgIpc) is 3.10. The van der Waals surface area contributed by atoms with E-state index in [1.807, 2.05) is 19.4 Å². The smallest absolute Gasteiger partial charge is 0.154 e. The van der Waals surface area contributed by atoms with E-state index in [2.05, 4.69) is 28.4 Å². The first-order chi connectivity index (χ1) is 12.1. The van der Waals surface area contributed by atoms with E-state index in [9.17, 15) is 4.79 Å². The van der Waals surface area contributed by atoms with Crippen LogP contribution in [0.4, 0.5) is 0 Å². The van der Waals surface area contributed by atoms with Crippen LogP contribution in [-0.4, -0.2) is 27.4 Å². The van der Waals surface area contributed by atoms with E-state index in [1.54, 1.807) is 12.4 Å². The zero-order valence-electron chi connectivity index (χ0n) is 15.2. The topological polar surface area (TPSA) is 57.0 Å². The monoisotopic (exact) mass is 339 g/mol. The summed E-state index contributed by atoms with van der Waals surface area (Å²) < 4.78 is 8.21. The predicted molar refractivity (Wildman–Crippen MR) is 97.9 cm³/mol. The summed E-state index contributed by atoms with van der Waals surface area (Å²) in [4.78, 5) is 19.8. The molecule has 5 nitrogen and oxygen atoms in total. The molecule has 0 spiro atoms. The van der Waals surface area contributed by atoms with E-state index in [4.69, 9.17) is 4.74 Å². The highest BCUT2D eigenvalue weighted by Gasteiger charge is 2.19. The van der Waals surface area contributed by atoms with Gasteiger partial charge in [-0.15, -0.1) is 0 Å². The molecule has 0 fully saturated rings. The van der Waals surface area contributed by atoms with Gasteiger partial charge >= 0.3 is 0 Å². The van der Waals surface area contributed by atoms with Gasteiger partial charge in [-0.25, -0.2) is 4.98 Å². The molecule has 1 aliphatic carbocycles. The van der Waals surface area contributed by atoms with Crippen molar-refractivity contribution in [3.05, 3.63) is 47.3 Å². The number of nitrogens with zero attached hydrogens (tertiary/aromatic N) is 3. The highest BCUT2D eigenvalue weighted by Crippen LogP contribution is 2.34. The molecule has 1 aliphatic rings. The molecular weight excluding hydrogens is 314 g/mol. The van der Waals surface area contributed by atoms with Gasteiger partial charge in [0.15, 0.2) is 6.29 Å². The number of allylic oxidation sites excluding steroid dienone is 1. The molecule has 3 rings (SSSR count). The molecule has 5 heteroatoms. The van der Waals surface area contributed by atoms with E-state index in [-0.39, 0.29) is 0 Å². The van der Waals surface area contributed by atoms with Crippen LogP contribution in [0.25, 0.3) is 5.57 Å². The van der Waals surface area contributed by atoms with Crippen LogP contribution in [0.3, 0.4) is 0 Å². The van der Waals surface area contributed by atoms with Crippen molar-refractivity contribution in [2.24, 2.45) is 0 Å². The number of aromatic nitrogens is 3. The summed E-state index contributed by atoms with van der Waals surface area (Å²) in [7, 11) is 0. The molecule has 0 N–H and O–H groups in total. The molecule has 25 heavy (non-hydrogen) atoms. The quantitative estimate of drug-likeness (QED) is 0.733. The largest absolute Gasteiger partial charge is 0.487 e. The second-order valence-corrected chi connectivity index (χ2v) is 6.84. The number of pyridine rings is 1. The zero-order valence-corrected chi connectivity index (χ0v) is 15.2. The van der Waals surface area contributed by atoms with E-state index >= 15 is 0 Å². The normalized spacial score (nSPS) is 14.9. The molecule has 0 radical (unpaired) electrons. The summed E-state index contributed by atoms with van der Waals surface area (Å²) in [5.41, 5.74) is 5.24. The van der Waals surface area contributed by atoms with Crippen molar-refractivity contribution in [1.29, 1.82) is 0 Å². The predicted octanol–water partition coefficient (Wildman–Crippen LogP) is 4.39. The van der Waals surface area contributed by atoms with Crippen LogP contribution in [-0.2, 0) is 0 Å². The summed E-state index contributed by atoms with van der Waals surface area (Å²) in [6, 6.07) is 0.372. The van der Waals surface area contributed by atoms with Crippen LogP contribution in [0.15, 0.2) is 30.5 Å². The second-order valence-electron chi connectivity index (χ2n) is 6.84. The summed E-state index contributed by atoms with van der Waals surface area (Å²) in [6.45, 7) is 6.69. The van der Waals surface area contributed by atoms with E-state index in [0.29, 0.717) is 24.0 Å². The molecule has 2 heterocycles. The first kappa shape index (κ1) is 17.4. The summed E-state index contributed by atoms with van der Waals surface area (Å²) in [6.07, 6.45) is 12.4. The number of hydrogen-bond acceptors (Lipinski definition) is 4. The number of hydrogen-bond donors (Lipinski definition) is 0. The van der Waals surface area contributed by atoms with E-state index < -0.39 is 0 Å². The first-order valence-corrected chi connectivity index (χ1v) is 8.87. The number of rotatable bonds is 6. The molecule has 0 saturated carbocycles. The van der Waals surface area contributed by atoms with Crippen LogP contribution in [0.1, 0.15) is 67.2 Å². The van der Waals surface area contributed by atoms with Gasteiger partial charge in [-0.1, -0.05) is 0 Å². The van der Waals surface area contributed by atoms with Crippen LogP contribution in [0.5, 0.6) is 5.75 Å². The summed E-state index contributed by atoms with van der Waals surface area (Å²) in [5, 5.41) is 0. The number of ether oxygens (including phenoxy) is 1. The molecule has 2 aromatic heterocycles. The lowest BCUT2D eigenvalue weighted by Crippen LogP contribution is -2.12. The van der Waals surface area contributed by atoms with Gasteiger partial charge in [0.1, 0.15) is 12.4 Å². The zero-order chi connectivity index (χ0) is 17.8. The maximum Gasteiger partial charge on any atom is 0.154 e. The van der Waals surface area contributed by atoms with E-state index in [1.165, 1.54) is 29.7 Å².